The SMILES string of the molecule is COc1cc(/C=C2/C(=O)NC(=S)N(c3ccc(Cl)cc3)C2=O)cc(OC)c1OC. The van der Waals surface area contributed by atoms with Gasteiger partial charge in [0.25, 0.3) is 11.8 Å². The predicted molar refractivity (Wildman–Crippen MR) is 114 cm³/mol. The van der Waals surface area contributed by atoms with Crippen molar-refractivity contribution in [1.29, 1.82) is 0 Å². The van der Waals surface area contributed by atoms with Crippen LogP contribution >= 0.6 is 23.8 Å². The monoisotopic (exact) mass is 432 g/mol. The van der Waals surface area contributed by atoms with E-state index in [2.05, 4.69) is 5.32 Å². The van der Waals surface area contributed by atoms with E-state index in [1.165, 1.54) is 32.3 Å². The van der Waals surface area contributed by atoms with Gasteiger partial charge in [0, 0.05) is 5.02 Å². The second kappa shape index (κ2) is 8.50. The first-order valence-electron chi connectivity index (χ1n) is 8.36. The van der Waals surface area contributed by atoms with Crippen molar-refractivity contribution in [3.63, 3.8) is 0 Å². The molecule has 1 fully saturated rings. The Morgan fingerprint density at radius 2 is 1.59 bits per heavy atom. The van der Waals surface area contributed by atoms with Gasteiger partial charge in [-0.25, -0.2) is 0 Å². The largest absolute Gasteiger partial charge is 0.493 e. The Hall–Kier alpha value is -3.10. The fraction of sp³-hybridized carbons (Fsp3) is 0.150. The number of carbonyl (C=O) groups is 2. The highest BCUT2D eigenvalue weighted by Crippen LogP contribution is 2.39. The van der Waals surface area contributed by atoms with Gasteiger partial charge in [-0.2, -0.15) is 0 Å². The lowest BCUT2D eigenvalue weighted by molar-refractivity contribution is -0.122. The van der Waals surface area contributed by atoms with Gasteiger partial charge >= 0.3 is 0 Å². The van der Waals surface area contributed by atoms with Crippen molar-refractivity contribution in [2.45, 2.75) is 0 Å². The van der Waals surface area contributed by atoms with E-state index >= 15 is 0 Å². The average molecular weight is 433 g/mol. The minimum absolute atomic E-state index is 0.00985. The molecule has 0 spiro atoms. The molecule has 9 heteroatoms. The summed E-state index contributed by atoms with van der Waals surface area (Å²) in [5.41, 5.74) is 0.907. The van der Waals surface area contributed by atoms with Gasteiger partial charge in [0.15, 0.2) is 16.6 Å². The van der Waals surface area contributed by atoms with Crippen LogP contribution in [-0.2, 0) is 9.59 Å². The number of nitrogens with zero attached hydrogens (tertiary/aromatic N) is 1. The van der Waals surface area contributed by atoms with Crippen LogP contribution in [0.15, 0.2) is 42.0 Å². The Bertz CT molecular complexity index is 995. The molecule has 1 saturated heterocycles. The van der Waals surface area contributed by atoms with Crippen LogP contribution in [0.5, 0.6) is 17.2 Å². The van der Waals surface area contributed by atoms with Gasteiger partial charge in [-0.15, -0.1) is 0 Å². The number of benzene rings is 2. The Morgan fingerprint density at radius 1 is 1.00 bits per heavy atom. The van der Waals surface area contributed by atoms with Crippen LogP contribution in [-0.4, -0.2) is 38.3 Å². The summed E-state index contributed by atoms with van der Waals surface area (Å²) >= 11 is 11.1. The van der Waals surface area contributed by atoms with Crippen LogP contribution < -0.4 is 24.4 Å². The van der Waals surface area contributed by atoms with Crippen LogP contribution in [0.1, 0.15) is 5.56 Å². The highest BCUT2D eigenvalue weighted by molar-refractivity contribution is 7.80. The number of methoxy groups -OCH3 is 3. The first-order valence-corrected chi connectivity index (χ1v) is 9.15. The van der Waals surface area contributed by atoms with E-state index in [1.807, 2.05) is 0 Å². The maximum absolute atomic E-state index is 13.1. The molecule has 0 aromatic heterocycles. The number of anilines is 1. The Labute approximate surface area is 177 Å². The average Bonchev–Trinajstić information content (AvgIpc) is 2.71. The minimum Gasteiger partial charge on any atom is -0.493 e. The lowest BCUT2D eigenvalue weighted by Crippen LogP contribution is -2.54. The number of ether oxygens (including phenoxy) is 3. The normalized spacial score (nSPS) is 15.4. The Morgan fingerprint density at radius 3 is 2.10 bits per heavy atom. The van der Waals surface area contributed by atoms with E-state index in [-0.39, 0.29) is 10.7 Å². The number of amides is 2. The molecule has 2 amide bonds. The molecule has 0 unspecified atom stereocenters. The maximum atomic E-state index is 13.1. The van der Waals surface area contributed by atoms with Gasteiger partial charge in [0.2, 0.25) is 5.75 Å². The molecule has 1 heterocycles. The summed E-state index contributed by atoms with van der Waals surface area (Å²) in [6, 6.07) is 9.81. The number of nitrogens with one attached hydrogen (secondary N) is 1. The van der Waals surface area contributed by atoms with Crippen LogP contribution in [0.4, 0.5) is 5.69 Å². The number of rotatable bonds is 5. The third-order valence-corrected chi connectivity index (χ3v) is 4.72. The summed E-state index contributed by atoms with van der Waals surface area (Å²) in [5.74, 6) is 0.0363. The summed E-state index contributed by atoms with van der Waals surface area (Å²) in [6.07, 6.45) is 1.44. The number of hydrogen-bond donors (Lipinski definition) is 1. The van der Waals surface area contributed by atoms with Gasteiger partial charge in [0.1, 0.15) is 5.57 Å². The van der Waals surface area contributed by atoms with Crippen molar-refractivity contribution >= 4 is 52.5 Å². The zero-order chi connectivity index (χ0) is 21.1. The van der Waals surface area contributed by atoms with E-state index < -0.39 is 11.8 Å². The van der Waals surface area contributed by atoms with Gasteiger partial charge in [-0.1, -0.05) is 11.6 Å². The summed E-state index contributed by atoms with van der Waals surface area (Å²) in [4.78, 5) is 26.8. The Kier molecular flexibility index (Phi) is 6.05. The fourth-order valence-corrected chi connectivity index (χ4v) is 3.24. The van der Waals surface area contributed by atoms with Gasteiger partial charge in [-0.05, 0) is 60.3 Å². The van der Waals surface area contributed by atoms with Gasteiger partial charge < -0.3 is 14.2 Å². The molecule has 0 bridgehead atoms. The standard InChI is InChI=1S/C20H17ClN2O5S/c1-26-15-9-11(10-16(27-2)17(15)28-3)8-14-18(24)22-20(29)23(19(14)25)13-6-4-12(21)5-7-13/h4-10H,1-3H3,(H,22,24,29)/b14-8-. The summed E-state index contributed by atoms with van der Waals surface area (Å²) in [7, 11) is 4.45. The van der Waals surface area contributed by atoms with Crippen molar-refractivity contribution < 1.29 is 23.8 Å². The van der Waals surface area contributed by atoms with Crippen LogP contribution in [0.3, 0.4) is 0 Å². The fourth-order valence-electron chi connectivity index (χ4n) is 2.83. The molecule has 0 aliphatic carbocycles. The smallest absolute Gasteiger partial charge is 0.270 e. The third-order valence-electron chi connectivity index (χ3n) is 4.18. The molecule has 0 radical (unpaired) electrons. The van der Waals surface area contributed by atoms with Crippen molar-refractivity contribution in [2.24, 2.45) is 0 Å². The molecule has 29 heavy (non-hydrogen) atoms. The molecule has 0 atom stereocenters. The second-order valence-corrected chi connectivity index (χ2v) is 6.72. The molecule has 2 aromatic rings. The molecule has 3 rings (SSSR count). The van der Waals surface area contributed by atoms with Crippen molar-refractivity contribution in [2.75, 3.05) is 26.2 Å². The zero-order valence-corrected chi connectivity index (χ0v) is 17.4. The maximum Gasteiger partial charge on any atom is 0.270 e. The summed E-state index contributed by atoms with van der Waals surface area (Å²) in [6.45, 7) is 0. The van der Waals surface area contributed by atoms with E-state index in [9.17, 15) is 9.59 Å². The third kappa shape index (κ3) is 4.03. The molecule has 1 aliphatic heterocycles. The summed E-state index contributed by atoms with van der Waals surface area (Å²) in [5, 5.41) is 3.04. The topological polar surface area (TPSA) is 77.1 Å². The van der Waals surface area contributed by atoms with E-state index in [0.717, 1.165) is 0 Å². The first kappa shape index (κ1) is 20.6. The first-order chi connectivity index (χ1) is 13.9. The number of hydrogen-bond acceptors (Lipinski definition) is 6. The number of carbonyl (C=O) groups excluding carboxylic acids is 2. The van der Waals surface area contributed by atoms with Crippen molar-refractivity contribution in [1.82, 2.24) is 5.32 Å². The molecule has 2 aromatic carbocycles. The second-order valence-electron chi connectivity index (χ2n) is 5.89. The van der Waals surface area contributed by atoms with Gasteiger partial charge in [0.05, 0.1) is 27.0 Å². The molecular formula is C20H17ClN2O5S. The molecule has 7 nitrogen and oxygen atoms in total. The highest BCUT2D eigenvalue weighted by atomic mass is 35.5. The van der Waals surface area contributed by atoms with E-state index in [4.69, 9.17) is 38.0 Å². The number of halogens is 1. The molecule has 0 saturated carbocycles. The summed E-state index contributed by atoms with van der Waals surface area (Å²) < 4.78 is 15.9. The van der Waals surface area contributed by atoms with Crippen LogP contribution in [0.2, 0.25) is 5.02 Å². The molecule has 1 aliphatic rings. The Balaban J connectivity index is 2.06. The number of thiocarbonyl (C=S) groups is 1. The van der Waals surface area contributed by atoms with E-state index in [1.54, 1.807) is 36.4 Å². The minimum atomic E-state index is -0.598. The van der Waals surface area contributed by atoms with Crippen molar-refractivity contribution in [3.8, 4) is 17.2 Å². The lowest BCUT2D eigenvalue weighted by Gasteiger charge is -2.29. The lowest BCUT2D eigenvalue weighted by atomic mass is 10.1. The van der Waals surface area contributed by atoms with Gasteiger partial charge in [-0.3, -0.25) is 19.8 Å². The van der Waals surface area contributed by atoms with E-state index in [0.29, 0.717) is 33.5 Å². The zero-order valence-electron chi connectivity index (χ0n) is 15.8. The van der Waals surface area contributed by atoms with Crippen molar-refractivity contribution in [3.05, 3.63) is 52.6 Å². The van der Waals surface area contributed by atoms with Crippen LogP contribution in [0, 0.1) is 0 Å². The van der Waals surface area contributed by atoms with Crippen LogP contribution in [0.25, 0.3) is 6.08 Å². The highest BCUT2D eigenvalue weighted by Gasteiger charge is 2.34. The predicted octanol–water partition coefficient (Wildman–Crippen LogP) is 3.20. The molecule has 150 valence electrons. The molecule has 1 N–H and O–H groups in total. The quantitative estimate of drug-likeness (QED) is 0.444. The molecular weight excluding hydrogens is 416 g/mol.